The van der Waals surface area contributed by atoms with E-state index in [-0.39, 0.29) is 13.0 Å². The minimum Gasteiger partial charge on any atom is -0.457 e. The zero-order chi connectivity index (χ0) is 49.8. The number of aliphatic hydroxyl groups is 5. The number of rotatable bonds is 46. The molecule has 12 nitrogen and oxygen atoms in total. The normalized spacial score (nSPS) is 21.6. The van der Waals surface area contributed by atoms with E-state index in [0.717, 1.165) is 70.6 Å². The van der Waals surface area contributed by atoms with Crippen LogP contribution in [0.15, 0.2) is 60.8 Å². The standard InChI is InChI=1S/C55H99O12P/c1-3-5-7-9-11-13-15-17-19-21-23-24-25-26-27-28-30-32-34-36-38-40-42-44-49(56)66-48(47-65-68(62,63)67-55-53(60)51(58)50(57)52(59)54(55)61)46-64-45-43-41-39-37-35-33-31-29-22-20-18-16-14-12-10-8-6-4-2/h6,8,12,14,18,20,29,31,35,37,48,50-55,57-61H,3-5,7,9-11,13,15-17,19,21-28,30,32-34,36,38-47H2,1-2H3,(H,62,63)/b8-6-,14-12-,20-18-,31-29-,37-35-. The van der Waals surface area contributed by atoms with E-state index < -0.39 is 63.1 Å². The fourth-order valence-corrected chi connectivity index (χ4v) is 9.12. The van der Waals surface area contributed by atoms with Crippen molar-refractivity contribution in [3.8, 4) is 0 Å². The lowest BCUT2D eigenvalue weighted by Gasteiger charge is -2.41. The molecule has 0 heterocycles. The molecule has 0 aromatic carbocycles. The molecule has 0 bridgehead atoms. The number of ether oxygens (including phenoxy) is 2. The molecule has 0 saturated heterocycles. The summed E-state index contributed by atoms with van der Waals surface area (Å²) in [5.74, 6) is -0.490. The van der Waals surface area contributed by atoms with Crippen LogP contribution in [0.25, 0.3) is 0 Å². The van der Waals surface area contributed by atoms with Gasteiger partial charge in [-0.1, -0.05) is 216 Å². The highest BCUT2D eigenvalue weighted by molar-refractivity contribution is 7.47. The van der Waals surface area contributed by atoms with Crippen molar-refractivity contribution >= 4 is 13.8 Å². The minimum atomic E-state index is -5.04. The van der Waals surface area contributed by atoms with Gasteiger partial charge in [0.25, 0.3) is 0 Å². The molecule has 0 amide bonds. The predicted molar refractivity (Wildman–Crippen MR) is 276 cm³/mol. The number of allylic oxidation sites excluding steroid dienone is 10. The smallest absolute Gasteiger partial charge is 0.457 e. The maximum atomic E-state index is 12.9. The number of phosphoric acid groups is 1. The lowest BCUT2D eigenvalue weighted by Crippen LogP contribution is -2.64. The Morgan fingerprint density at radius 2 is 0.868 bits per heavy atom. The molecule has 6 atom stereocenters. The third-order valence-electron chi connectivity index (χ3n) is 12.4. The van der Waals surface area contributed by atoms with Crippen LogP contribution in [-0.2, 0) is 27.9 Å². The largest absolute Gasteiger partial charge is 0.472 e. The molecule has 0 radical (unpaired) electrons. The van der Waals surface area contributed by atoms with Crippen molar-refractivity contribution in [1.82, 2.24) is 0 Å². The number of carbonyl (C=O) groups is 1. The molecule has 0 aromatic heterocycles. The fourth-order valence-electron chi connectivity index (χ4n) is 8.15. The molecular formula is C55H99O12P. The second-order valence-electron chi connectivity index (χ2n) is 18.7. The molecule has 6 unspecified atom stereocenters. The van der Waals surface area contributed by atoms with Gasteiger partial charge in [0.15, 0.2) is 0 Å². The maximum Gasteiger partial charge on any atom is 0.472 e. The van der Waals surface area contributed by atoms with Gasteiger partial charge in [0, 0.05) is 13.0 Å². The number of phosphoric ester groups is 1. The fraction of sp³-hybridized carbons (Fsp3) is 0.800. The van der Waals surface area contributed by atoms with Crippen molar-refractivity contribution in [2.45, 2.75) is 262 Å². The molecule has 1 aliphatic rings. The van der Waals surface area contributed by atoms with E-state index in [9.17, 15) is 39.8 Å². The average molecular weight is 983 g/mol. The van der Waals surface area contributed by atoms with E-state index in [4.69, 9.17) is 18.5 Å². The van der Waals surface area contributed by atoms with Crippen molar-refractivity contribution < 1.29 is 58.3 Å². The van der Waals surface area contributed by atoms with Crippen molar-refractivity contribution in [3.63, 3.8) is 0 Å². The molecule has 1 fully saturated rings. The number of hydrogen-bond donors (Lipinski definition) is 6. The molecule has 1 rings (SSSR count). The first-order chi connectivity index (χ1) is 33.0. The Morgan fingerprint density at radius 1 is 0.485 bits per heavy atom. The maximum absolute atomic E-state index is 12.9. The topological polar surface area (TPSA) is 192 Å². The lowest BCUT2D eigenvalue weighted by molar-refractivity contribution is -0.220. The predicted octanol–water partition coefficient (Wildman–Crippen LogP) is 12.5. The number of carbonyl (C=O) groups excluding carboxylic acids is 1. The first-order valence-corrected chi connectivity index (χ1v) is 28.6. The number of esters is 1. The van der Waals surface area contributed by atoms with Gasteiger partial charge in [0.05, 0.1) is 13.2 Å². The van der Waals surface area contributed by atoms with Crippen LogP contribution in [-0.4, -0.2) is 98.9 Å². The molecule has 1 aliphatic carbocycles. The molecule has 0 aromatic rings. The SMILES string of the molecule is CC/C=C\C/C=C\C/C=C\C/C=C\C/C=C\CCCCOCC(COP(=O)(O)OC1C(O)C(O)C(O)C(O)C1O)OC(=O)CCCCCCCCCCCCCCCCCCCCCCCCC. The van der Waals surface area contributed by atoms with Crippen LogP contribution in [0.4, 0.5) is 0 Å². The highest BCUT2D eigenvalue weighted by atomic mass is 31.2. The van der Waals surface area contributed by atoms with Crippen LogP contribution in [0.2, 0.25) is 0 Å². The molecular weight excluding hydrogens is 884 g/mol. The molecule has 0 spiro atoms. The summed E-state index contributed by atoms with van der Waals surface area (Å²) < 4.78 is 34.3. The van der Waals surface area contributed by atoms with Crippen LogP contribution >= 0.6 is 7.82 Å². The average Bonchev–Trinajstić information content (AvgIpc) is 3.32. The molecule has 0 aliphatic heterocycles. The summed E-state index contributed by atoms with van der Waals surface area (Å²) in [6.07, 6.45) is 45.9. The second-order valence-corrected chi connectivity index (χ2v) is 20.1. The lowest BCUT2D eigenvalue weighted by atomic mass is 9.85. The van der Waals surface area contributed by atoms with E-state index in [0.29, 0.717) is 13.0 Å². The molecule has 1 saturated carbocycles. The highest BCUT2D eigenvalue weighted by Crippen LogP contribution is 2.47. The molecule has 13 heteroatoms. The third-order valence-corrected chi connectivity index (χ3v) is 13.4. The number of unbranched alkanes of at least 4 members (excludes halogenated alkanes) is 24. The van der Waals surface area contributed by atoms with Gasteiger partial charge >= 0.3 is 13.8 Å². The zero-order valence-electron chi connectivity index (χ0n) is 42.6. The Kier molecular flexibility index (Phi) is 42.3. The van der Waals surface area contributed by atoms with Crippen LogP contribution in [0.5, 0.6) is 0 Å². The summed E-state index contributed by atoms with van der Waals surface area (Å²) in [6, 6.07) is 0. The summed E-state index contributed by atoms with van der Waals surface area (Å²) in [4.78, 5) is 23.3. The number of hydrogen-bond acceptors (Lipinski definition) is 11. The molecule has 68 heavy (non-hydrogen) atoms. The van der Waals surface area contributed by atoms with Crippen LogP contribution in [0.1, 0.15) is 219 Å². The summed E-state index contributed by atoms with van der Waals surface area (Å²) in [7, 11) is -5.04. The van der Waals surface area contributed by atoms with E-state index in [2.05, 4.69) is 74.6 Å². The van der Waals surface area contributed by atoms with Crippen molar-refractivity contribution in [3.05, 3.63) is 60.8 Å². The van der Waals surface area contributed by atoms with Crippen LogP contribution < -0.4 is 0 Å². The van der Waals surface area contributed by atoms with Crippen molar-refractivity contribution in [1.29, 1.82) is 0 Å². The monoisotopic (exact) mass is 983 g/mol. The first kappa shape index (κ1) is 64.1. The van der Waals surface area contributed by atoms with Gasteiger partial charge in [0.1, 0.15) is 42.7 Å². The Labute approximate surface area is 413 Å². The Hall–Kier alpha value is -1.96. The zero-order valence-corrected chi connectivity index (χ0v) is 43.5. The molecule has 6 N–H and O–H groups in total. The van der Waals surface area contributed by atoms with Gasteiger partial charge in [-0.25, -0.2) is 4.57 Å². The molecule has 396 valence electrons. The highest BCUT2D eigenvalue weighted by Gasteiger charge is 2.51. The van der Waals surface area contributed by atoms with Gasteiger partial charge in [-0.05, 0) is 57.8 Å². The van der Waals surface area contributed by atoms with E-state index in [1.54, 1.807) is 0 Å². The summed E-state index contributed by atoms with van der Waals surface area (Å²) in [5, 5.41) is 50.3. The minimum absolute atomic E-state index is 0.106. The van der Waals surface area contributed by atoms with Crippen molar-refractivity contribution in [2.75, 3.05) is 19.8 Å². The Bertz CT molecular complexity index is 1350. The van der Waals surface area contributed by atoms with Gasteiger partial charge in [-0.2, -0.15) is 0 Å². The van der Waals surface area contributed by atoms with Gasteiger partial charge < -0.3 is 39.9 Å². The van der Waals surface area contributed by atoms with Gasteiger partial charge in [-0.15, -0.1) is 0 Å². The summed E-state index contributed by atoms with van der Waals surface area (Å²) >= 11 is 0. The van der Waals surface area contributed by atoms with Gasteiger partial charge in [0.2, 0.25) is 0 Å². The van der Waals surface area contributed by atoms with Crippen molar-refractivity contribution in [2.24, 2.45) is 0 Å². The summed E-state index contributed by atoms with van der Waals surface area (Å²) in [6.45, 7) is 4.08. The Balaban J connectivity index is 2.33. The Morgan fingerprint density at radius 3 is 1.29 bits per heavy atom. The second kappa shape index (κ2) is 44.9. The number of aliphatic hydroxyl groups excluding tert-OH is 5. The van der Waals surface area contributed by atoms with Crippen LogP contribution in [0, 0.1) is 0 Å². The van der Waals surface area contributed by atoms with Crippen LogP contribution in [0.3, 0.4) is 0 Å². The van der Waals surface area contributed by atoms with E-state index in [1.807, 2.05) is 0 Å². The van der Waals surface area contributed by atoms with E-state index >= 15 is 0 Å². The first-order valence-electron chi connectivity index (χ1n) is 27.1. The third kappa shape index (κ3) is 36.0. The quantitative estimate of drug-likeness (QED) is 0.0147. The van der Waals surface area contributed by atoms with E-state index in [1.165, 1.54) is 122 Å². The van der Waals surface area contributed by atoms with Gasteiger partial charge in [-0.3, -0.25) is 13.8 Å². The summed E-state index contributed by atoms with van der Waals surface area (Å²) in [5.41, 5.74) is 0.